The predicted octanol–water partition coefficient (Wildman–Crippen LogP) is 13.4. The highest BCUT2D eigenvalue weighted by Gasteiger charge is 2.21. The minimum absolute atomic E-state index is 0.920. The van der Waals surface area contributed by atoms with E-state index < -0.39 is 0 Å². The van der Waals surface area contributed by atoms with E-state index in [1.54, 1.807) is 0 Å². The van der Waals surface area contributed by atoms with Gasteiger partial charge < -0.3 is 9.32 Å². The van der Waals surface area contributed by atoms with Gasteiger partial charge in [0.2, 0.25) is 0 Å². The molecule has 220 valence electrons. The molecule has 10 aromatic rings. The van der Waals surface area contributed by atoms with E-state index in [0.717, 1.165) is 38.9 Å². The van der Waals surface area contributed by atoms with Crippen molar-refractivity contribution in [2.24, 2.45) is 0 Å². The number of nitrogens with zero attached hydrogens (tertiary/aromatic N) is 1. The summed E-state index contributed by atoms with van der Waals surface area (Å²) in [5.74, 6) is 0. The molecule has 3 heteroatoms. The first-order valence-corrected chi connectivity index (χ1v) is 16.7. The lowest BCUT2D eigenvalue weighted by molar-refractivity contribution is 0.670. The van der Waals surface area contributed by atoms with E-state index in [2.05, 4.69) is 163 Å². The predicted molar refractivity (Wildman–Crippen MR) is 202 cm³/mol. The standard InChI is InChI=1S/C44H27NOS/c1-2-14-30(15-3-1)45(31-25-24-28-12-4-5-13-29(28)26-31)40-27-39-38-22-11-21-37(43(38)47-44(39)36-18-7-6-16-32(36)40)35-20-10-19-34-33-17-8-9-23-41(33)46-42(34)35/h1-27H. The minimum atomic E-state index is 0.920. The van der Waals surface area contributed by atoms with Crippen molar-refractivity contribution in [2.75, 3.05) is 4.90 Å². The Morgan fingerprint density at radius 3 is 1.94 bits per heavy atom. The first-order chi connectivity index (χ1) is 23.3. The number of anilines is 3. The summed E-state index contributed by atoms with van der Waals surface area (Å²) in [7, 11) is 0. The van der Waals surface area contributed by atoms with Crippen molar-refractivity contribution in [2.45, 2.75) is 0 Å². The highest BCUT2D eigenvalue weighted by atomic mass is 32.1. The summed E-state index contributed by atoms with van der Waals surface area (Å²) >= 11 is 1.88. The van der Waals surface area contributed by atoms with Gasteiger partial charge in [-0.1, -0.05) is 127 Å². The lowest BCUT2D eigenvalue weighted by Gasteiger charge is -2.27. The Balaban J connectivity index is 1.27. The van der Waals surface area contributed by atoms with Gasteiger partial charge in [0.25, 0.3) is 0 Å². The van der Waals surface area contributed by atoms with Crippen LogP contribution >= 0.6 is 11.3 Å². The number of fused-ring (bicyclic) bond motifs is 9. The van der Waals surface area contributed by atoms with E-state index in [9.17, 15) is 0 Å². The van der Waals surface area contributed by atoms with Gasteiger partial charge in [-0.3, -0.25) is 0 Å². The van der Waals surface area contributed by atoms with Gasteiger partial charge in [-0.2, -0.15) is 0 Å². The molecule has 0 fully saturated rings. The Morgan fingerprint density at radius 1 is 0.404 bits per heavy atom. The Bertz CT molecular complexity index is 2810. The zero-order valence-electron chi connectivity index (χ0n) is 25.4. The van der Waals surface area contributed by atoms with Crippen molar-refractivity contribution in [3.05, 3.63) is 164 Å². The number of furan rings is 1. The van der Waals surface area contributed by atoms with E-state index >= 15 is 0 Å². The van der Waals surface area contributed by atoms with E-state index in [0.29, 0.717) is 0 Å². The van der Waals surface area contributed by atoms with Gasteiger partial charge in [0.1, 0.15) is 11.2 Å². The third-order valence-electron chi connectivity index (χ3n) is 9.42. The SMILES string of the molecule is c1ccc(N(c2ccc3ccccc3c2)c2cc3c4cccc(-c5cccc6c5oc5ccccc56)c4sc3c3ccccc23)cc1. The summed E-state index contributed by atoms with van der Waals surface area (Å²) in [4.78, 5) is 2.41. The molecule has 47 heavy (non-hydrogen) atoms. The maximum Gasteiger partial charge on any atom is 0.143 e. The molecule has 0 spiro atoms. The summed E-state index contributed by atoms with van der Waals surface area (Å²) in [6.45, 7) is 0. The topological polar surface area (TPSA) is 16.4 Å². The molecule has 0 aliphatic carbocycles. The molecule has 2 nitrogen and oxygen atoms in total. The van der Waals surface area contributed by atoms with Gasteiger partial charge in [-0.25, -0.2) is 0 Å². The first kappa shape index (κ1) is 26.3. The smallest absolute Gasteiger partial charge is 0.143 e. The highest BCUT2D eigenvalue weighted by molar-refractivity contribution is 7.27. The van der Waals surface area contributed by atoms with Crippen LogP contribution in [0.15, 0.2) is 168 Å². The van der Waals surface area contributed by atoms with E-state index in [1.807, 2.05) is 17.4 Å². The Labute approximate surface area is 275 Å². The second-order valence-electron chi connectivity index (χ2n) is 12.1. The van der Waals surface area contributed by atoms with Crippen LogP contribution in [-0.4, -0.2) is 0 Å². The van der Waals surface area contributed by atoms with Gasteiger partial charge in [-0.15, -0.1) is 11.3 Å². The van der Waals surface area contributed by atoms with E-state index in [4.69, 9.17) is 4.42 Å². The van der Waals surface area contributed by atoms with Crippen LogP contribution in [0.25, 0.3) is 74.8 Å². The maximum atomic E-state index is 6.51. The molecule has 0 saturated carbocycles. The molecular formula is C44H27NOS. The second kappa shape index (κ2) is 10.3. The Morgan fingerprint density at radius 2 is 1.06 bits per heavy atom. The Hall–Kier alpha value is -5.90. The fourth-order valence-electron chi connectivity index (χ4n) is 7.28. The third kappa shape index (κ3) is 4.04. The summed E-state index contributed by atoms with van der Waals surface area (Å²) in [6, 6.07) is 58.9. The zero-order chi connectivity index (χ0) is 30.9. The molecule has 2 heterocycles. The molecule has 0 unspecified atom stereocenters. The van der Waals surface area contributed by atoms with Crippen LogP contribution in [0.3, 0.4) is 0 Å². The monoisotopic (exact) mass is 617 g/mol. The van der Waals surface area contributed by atoms with Crippen molar-refractivity contribution in [1.29, 1.82) is 0 Å². The largest absolute Gasteiger partial charge is 0.455 e. The average Bonchev–Trinajstić information content (AvgIpc) is 3.71. The van der Waals surface area contributed by atoms with E-state index in [-0.39, 0.29) is 0 Å². The number of para-hydroxylation sites is 3. The van der Waals surface area contributed by atoms with Crippen LogP contribution in [0.4, 0.5) is 17.1 Å². The third-order valence-corrected chi connectivity index (χ3v) is 10.7. The van der Waals surface area contributed by atoms with E-state index in [1.165, 1.54) is 53.0 Å². The molecule has 0 aliphatic rings. The first-order valence-electron chi connectivity index (χ1n) is 15.9. The molecule has 10 rings (SSSR count). The lowest BCUT2D eigenvalue weighted by Crippen LogP contribution is -2.10. The van der Waals surface area contributed by atoms with Crippen LogP contribution in [-0.2, 0) is 0 Å². The lowest BCUT2D eigenvalue weighted by atomic mass is 9.98. The number of hydrogen-bond acceptors (Lipinski definition) is 3. The molecule has 0 radical (unpaired) electrons. The molecule has 0 bridgehead atoms. The maximum absolute atomic E-state index is 6.51. The summed E-state index contributed by atoms with van der Waals surface area (Å²) < 4.78 is 9.08. The molecule has 2 aromatic heterocycles. The van der Waals surface area contributed by atoms with Crippen LogP contribution in [0.1, 0.15) is 0 Å². The molecule has 0 amide bonds. The number of rotatable bonds is 4. The van der Waals surface area contributed by atoms with Gasteiger partial charge in [0, 0.05) is 64.2 Å². The van der Waals surface area contributed by atoms with Crippen molar-refractivity contribution in [3.63, 3.8) is 0 Å². The number of benzene rings is 8. The van der Waals surface area contributed by atoms with Crippen LogP contribution in [0.2, 0.25) is 0 Å². The summed E-state index contributed by atoms with van der Waals surface area (Å²) in [6.07, 6.45) is 0. The molecular weight excluding hydrogens is 591 g/mol. The van der Waals surface area contributed by atoms with Gasteiger partial charge >= 0.3 is 0 Å². The number of hydrogen-bond donors (Lipinski definition) is 0. The molecule has 0 atom stereocenters. The van der Waals surface area contributed by atoms with Gasteiger partial charge in [-0.05, 0) is 47.2 Å². The molecule has 0 aliphatic heterocycles. The van der Waals surface area contributed by atoms with Crippen LogP contribution in [0.5, 0.6) is 0 Å². The van der Waals surface area contributed by atoms with Crippen molar-refractivity contribution in [3.8, 4) is 11.1 Å². The fraction of sp³-hybridized carbons (Fsp3) is 0. The fourth-order valence-corrected chi connectivity index (χ4v) is 8.62. The van der Waals surface area contributed by atoms with Crippen LogP contribution < -0.4 is 4.90 Å². The van der Waals surface area contributed by atoms with Crippen LogP contribution in [0, 0.1) is 0 Å². The van der Waals surface area contributed by atoms with Crippen molar-refractivity contribution < 1.29 is 4.42 Å². The molecule has 8 aromatic carbocycles. The molecule has 0 N–H and O–H groups in total. The van der Waals surface area contributed by atoms with Gasteiger partial charge in [0.15, 0.2) is 0 Å². The normalized spacial score (nSPS) is 11.8. The highest BCUT2D eigenvalue weighted by Crippen LogP contribution is 2.49. The van der Waals surface area contributed by atoms with Crippen molar-refractivity contribution in [1.82, 2.24) is 0 Å². The molecule has 0 saturated heterocycles. The minimum Gasteiger partial charge on any atom is -0.455 e. The number of thiophene rings is 1. The zero-order valence-corrected chi connectivity index (χ0v) is 26.2. The Kier molecular flexibility index (Phi) is 5.78. The average molecular weight is 618 g/mol. The summed E-state index contributed by atoms with van der Waals surface area (Å²) in [5, 5.41) is 9.77. The summed E-state index contributed by atoms with van der Waals surface area (Å²) in [5.41, 5.74) is 7.62. The van der Waals surface area contributed by atoms with Gasteiger partial charge in [0.05, 0.1) is 5.69 Å². The van der Waals surface area contributed by atoms with Crippen molar-refractivity contribution >= 4 is 92.1 Å². The second-order valence-corrected chi connectivity index (χ2v) is 13.1. The quantitative estimate of drug-likeness (QED) is 0.195.